The van der Waals surface area contributed by atoms with E-state index in [2.05, 4.69) is 25.7 Å². The number of H-pyrrole nitrogens is 1. The van der Waals surface area contributed by atoms with Crippen molar-refractivity contribution in [2.45, 2.75) is 6.92 Å². The van der Waals surface area contributed by atoms with Crippen LogP contribution in [0.2, 0.25) is 0 Å². The molecule has 0 aliphatic carbocycles. The second-order valence-electron chi connectivity index (χ2n) is 3.90. The van der Waals surface area contributed by atoms with Gasteiger partial charge in [0.05, 0.1) is 11.2 Å². The van der Waals surface area contributed by atoms with Crippen LogP contribution in [0.3, 0.4) is 0 Å². The van der Waals surface area contributed by atoms with Gasteiger partial charge in [-0.15, -0.1) is 10.2 Å². The highest BCUT2D eigenvalue weighted by Gasteiger charge is 1.97. The minimum absolute atomic E-state index is 0.154. The maximum atomic E-state index is 11.3. The molecular formula is C13H12ClN5O. The van der Waals surface area contributed by atoms with Gasteiger partial charge in [-0.25, -0.2) is 5.43 Å². The van der Waals surface area contributed by atoms with Gasteiger partial charge in [0, 0.05) is 0 Å². The third kappa shape index (κ3) is 4.03. The number of hydrogen-bond donors (Lipinski definition) is 2. The van der Waals surface area contributed by atoms with E-state index in [0.29, 0.717) is 10.7 Å². The summed E-state index contributed by atoms with van der Waals surface area (Å²) in [6.45, 7) is 1.57. The molecule has 0 amide bonds. The van der Waals surface area contributed by atoms with Crippen LogP contribution in [-0.4, -0.2) is 21.4 Å². The SMILES string of the molecule is Cc1nnc(N/N=C\C(Cl)=C\c2ccccc2)[nH]c1=O. The molecule has 7 heteroatoms. The summed E-state index contributed by atoms with van der Waals surface area (Å²) in [5.74, 6) is 0.154. The third-order valence-corrected chi connectivity index (χ3v) is 2.53. The van der Waals surface area contributed by atoms with Crippen LogP contribution in [0.15, 0.2) is 45.3 Å². The predicted molar refractivity (Wildman–Crippen MR) is 79.8 cm³/mol. The van der Waals surface area contributed by atoms with Gasteiger partial charge in [0.15, 0.2) is 0 Å². The van der Waals surface area contributed by atoms with Crippen LogP contribution in [-0.2, 0) is 0 Å². The molecule has 0 radical (unpaired) electrons. The first-order chi connectivity index (χ1) is 9.65. The monoisotopic (exact) mass is 289 g/mol. The first kappa shape index (κ1) is 14.0. The third-order valence-electron chi connectivity index (χ3n) is 2.32. The molecule has 1 aromatic carbocycles. The van der Waals surface area contributed by atoms with Crippen LogP contribution >= 0.6 is 11.6 Å². The maximum Gasteiger partial charge on any atom is 0.274 e. The fourth-order valence-electron chi connectivity index (χ4n) is 1.34. The molecular weight excluding hydrogens is 278 g/mol. The lowest BCUT2D eigenvalue weighted by atomic mass is 10.2. The molecule has 0 aliphatic heterocycles. The number of aromatic nitrogens is 3. The van der Waals surface area contributed by atoms with Crippen LogP contribution in [0.5, 0.6) is 0 Å². The van der Waals surface area contributed by atoms with Gasteiger partial charge in [-0.1, -0.05) is 41.9 Å². The molecule has 0 atom stereocenters. The number of hydrogen-bond acceptors (Lipinski definition) is 5. The summed E-state index contributed by atoms with van der Waals surface area (Å²) in [4.78, 5) is 13.8. The zero-order valence-electron chi connectivity index (χ0n) is 10.7. The fourth-order valence-corrected chi connectivity index (χ4v) is 1.52. The van der Waals surface area contributed by atoms with E-state index >= 15 is 0 Å². The molecule has 2 N–H and O–H groups in total. The van der Waals surface area contributed by atoms with Gasteiger partial charge >= 0.3 is 0 Å². The van der Waals surface area contributed by atoms with Crippen LogP contribution in [0.25, 0.3) is 6.08 Å². The molecule has 1 aromatic heterocycles. The highest BCUT2D eigenvalue weighted by atomic mass is 35.5. The Hall–Kier alpha value is -2.47. The Labute approximate surface area is 120 Å². The van der Waals surface area contributed by atoms with Crippen molar-refractivity contribution in [3.05, 3.63) is 57.0 Å². The van der Waals surface area contributed by atoms with E-state index in [4.69, 9.17) is 11.6 Å². The Bertz CT molecular complexity index is 693. The second-order valence-corrected chi connectivity index (χ2v) is 4.33. The molecule has 0 unspecified atom stereocenters. The number of nitrogens with zero attached hydrogens (tertiary/aromatic N) is 3. The van der Waals surface area contributed by atoms with Crippen LogP contribution in [0.1, 0.15) is 11.3 Å². The van der Waals surface area contributed by atoms with E-state index in [1.165, 1.54) is 6.21 Å². The number of halogens is 1. The molecule has 0 bridgehead atoms. The lowest BCUT2D eigenvalue weighted by Gasteiger charge is -1.97. The summed E-state index contributed by atoms with van der Waals surface area (Å²) in [5, 5.41) is 11.7. The molecule has 6 nitrogen and oxygen atoms in total. The Morgan fingerprint density at radius 2 is 2.10 bits per heavy atom. The summed E-state index contributed by atoms with van der Waals surface area (Å²) in [6.07, 6.45) is 3.17. The Balaban J connectivity index is 2.01. The van der Waals surface area contributed by atoms with Crippen molar-refractivity contribution < 1.29 is 0 Å². The molecule has 1 heterocycles. The van der Waals surface area contributed by atoms with Crippen molar-refractivity contribution in [1.29, 1.82) is 0 Å². The molecule has 0 fully saturated rings. The van der Waals surface area contributed by atoms with E-state index in [9.17, 15) is 4.79 Å². The van der Waals surface area contributed by atoms with Gasteiger partial charge in [0.25, 0.3) is 5.56 Å². The minimum Gasteiger partial charge on any atom is -0.288 e. The Kier molecular flexibility index (Phi) is 4.62. The molecule has 2 aromatic rings. The van der Waals surface area contributed by atoms with Gasteiger partial charge in [-0.05, 0) is 18.6 Å². The van der Waals surface area contributed by atoms with Crippen LogP contribution < -0.4 is 11.0 Å². The van der Waals surface area contributed by atoms with Gasteiger partial charge in [0.2, 0.25) is 5.95 Å². The van der Waals surface area contributed by atoms with E-state index in [1.807, 2.05) is 30.3 Å². The Morgan fingerprint density at radius 1 is 1.35 bits per heavy atom. The topological polar surface area (TPSA) is 83.0 Å². The summed E-state index contributed by atoms with van der Waals surface area (Å²) >= 11 is 6.00. The van der Waals surface area contributed by atoms with Crippen molar-refractivity contribution in [2.75, 3.05) is 5.43 Å². The van der Waals surface area contributed by atoms with Crippen molar-refractivity contribution in [3.8, 4) is 0 Å². The highest BCUT2D eigenvalue weighted by molar-refractivity contribution is 6.41. The van der Waals surface area contributed by atoms with Crippen molar-refractivity contribution in [3.63, 3.8) is 0 Å². The molecule has 0 saturated heterocycles. The van der Waals surface area contributed by atoms with E-state index in [0.717, 1.165) is 5.56 Å². The van der Waals surface area contributed by atoms with E-state index in [1.54, 1.807) is 13.0 Å². The highest BCUT2D eigenvalue weighted by Crippen LogP contribution is 2.08. The summed E-state index contributed by atoms with van der Waals surface area (Å²) in [7, 11) is 0. The molecule has 0 saturated carbocycles. The summed E-state index contributed by atoms with van der Waals surface area (Å²) in [5.41, 5.74) is 3.49. The number of aryl methyl sites for hydroxylation is 1. The maximum absolute atomic E-state index is 11.3. The average molecular weight is 290 g/mol. The van der Waals surface area contributed by atoms with Crippen LogP contribution in [0.4, 0.5) is 5.95 Å². The van der Waals surface area contributed by atoms with Crippen LogP contribution in [0, 0.1) is 6.92 Å². The zero-order valence-corrected chi connectivity index (χ0v) is 11.4. The minimum atomic E-state index is -0.316. The molecule has 0 aliphatic rings. The summed E-state index contributed by atoms with van der Waals surface area (Å²) in [6, 6.07) is 9.60. The lowest BCUT2D eigenvalue weighted by molar-refractivity contribution is 0.897. The van der Waals surface area contributed by atoms with Gasteiger partial charge in [-0.2, -0.15) is 5.10 Å². The fraction of sp³-hybridized carbons (Fsp3) is 0.0769. The second kappa shape index (κ2) is 6.63. The smallest absolute Gasteiger partial charge is 0.274 e. The first-order valence-electron chi connectivity index (χ1n) is 5.80. The number of hydrazone groups is 1. The molecule has 2 rings (SSSR count). The summed E-state index contributed by atoms with van der Waals surface area (Å²) < 4.78 is 0. The number of allylic oxidation sites excluding steroid dienone is 1. The van der Waals surface area contributed by atoms with Gasteiger partial charge in [-0.3, -0.25) is 9.78 Å². The Morgan fingerprint density at radius 3 is 2.80 bits per heavy atom. The zero-order chi connectivity index (χ0) is 14.4. The van der Waals surface area contributed by atoms with Gasteiger partial charge < -0.3 is 0 Å². The van der Waals surface area contributed by atoms with Crippen molar-refractivity contribution in [2.24, 2.45) is 5.10 Å². The average Bonchev–Trinajstić information content (AvgIpc) is 2.44. The lowest BCUT2D eigenvalue weighted by Crippen LogP contribution is -2.15. The largest absolute Gasteiger partial charge is 0.288 e. The normalized spacial score (nSPS) is 11.8. The first-order valence-corrected chi connectivity index (χ1v) is 6.18. The molecule has 20 heavy (non-hydrogen) atoms. The van der Waals surface area contributed by atoms with Crippen molar-refractivity contribution in [1.82, 2.24) is 15.2 Å². The van der Waals surface area contributed by atoms with Crippen molar-refractivity contribution >= 4 is 29.8 Å². The number of anilines is 1. The number of nitrogens with one attached hydrogen (secondary N) is 2. The quantitative estimate of drug-likeness (QED) is 0.667. The molecule has 0 spiro atoms. The van der Waals surface area contributed by atoms with Gasteiger partial charge in [0.1, 0.15) is 5.69 Å². The van der Waals surface area contributed by atoms with E-state index in [-0.39, 0.29) is 11.5 Å². The van der Waals surface area contributed by atoms with E-state index < -0.39 is 0 Å². The number of aromatic amines is 1. The predicted octanol–water partition coefficient (Wildman–Crippen LogP) is 2.15. The standard InChI is InChI=1S/C13H12ClN5O/c1-9-12(20)16-13(19-17-9)18-15-8-11(14)7-10-5-3-2-4-6-10/h2-8H,1H3,(H2,16,18,19,20)/b11-7-,15-8-. The number of benzene rings is 1. The molecule has 102 valence electrons. The number of rotatable bonds is 4.